The number of piperidine rings is 1. The zero-order chi connectivity index (χ0) is 19.3. The molecule has 2 aromatic carbocycles. The van der Waals surface area contributed by atoms with Crippen LogP contribution in [0.15, 0.2) is 54.7 Å². The van der Waals surface area contributed by atoms with Gasteiger partial charge in [-0.05, 0) is 55.6 Å². The van der Waals surface area contributed by atoms with Gasteiger partial charge in [-0.1, -0.05) is 48.0 Å². The van der Waals surface area contributed by atoms with Crippen molar-refractivity contribution in [2.75, 3.05) is 19.6 Å². The van der Waals surface area contributed by atoms with E-state index < -0.39 is 0 Å². The Hall–Kier alpha value is -2.30. The summed E-state index contributed by atoms with van der Waals surface area (Å²) >= 11 is 6.27. The molecule has 0 radical (unpaired) electrons. The van der Waals surface area contributed by atoms with Gasteiger partial charge >= 0.3 is 0 Å². The van der Waals surface area contributed by atoms with Gasteiger partial charge in [-0.3, -0.25) is 9.69 Å². The molecule has 1 aromatic heterocycles. The van der Waals surface area contributed by atoms with E-state index in [1.165, 1.54) is 10.9 Å². The zero-order valence-electron chi connectivity index (χ0n) is 16.0. The number of aromatic nitrogens is 1. The van der Waals surface area contributed by atoms with Crippen LogP contribution in [0.5, 0.6) is 0 Å². The molecule has 2 N–H and O–H groups in total. The van der Waals surface area contributed by atoms with Crippen LogP contribution in [-0.4, -0.2) is 35.4 Å². The first kappa shape index (κ1) is 19.0. The molecule has 0 spiro atoms. The van der Waals surface area contributed by atoms with E-state index in [2.05, 4.69) is 39.5 Å². The molecule has 1 aliphatic rings. The van der Waals surface area contributed by atoms with Gasteiger partial charge in [0, 0.05) is 41.1 Å². The highest BCUT2D eigenvalue weighted by molar-refractivity contribution is 6.31. The minimum atomic E-state index is 0.116. The molecule has 4 nitrogen and oxygen atoms in total. The lowest BCUT2D eigenvalue weighted by atomic mass is 9.95. The number of benzene rings is 2. The van der Waals surface area contributed by atoms with Crippen LogP contribution >= 0.6 is 11.6 Å². The number of nitrogens with zero attached hydrogens (tertiary/aromatic N) is 1. The van der Waals surface area contributed by atoms with E-state index in [4.69, 9.17) is 11.6 Å². The monoisotopic (exact) mass is 395 g/mol. The van der Waals surface area contributed by atoms with E-state index in [0.29, 0.717) is 6.54 Å². The number of hydrogen-bond donors (Lipinski definition) is 2. The second-order valence-electron chi connectivity index (χ2n) is 7.54. The van der Waals surface area contributed by atoms with Crippen LogP contribution < -0.4 is 5.32 Å². The Morgan fingerprint density at radius 3 is 2.64 bits per heavy atom. The van der Waals surface area contributed by atoms with Gasteiger partial charge in [0.2, 0.25) is 5.91 Å². The minimum Gasteiger partial charge on any atom is -0.361 e. The fourth-order valence-corrected chi connectivity index (χ4v) is 4.22. The Bertz CT molecular complexity index is 944. The molecular formula is C23H26ClN3O. The number of aromatic amines is 1. The Kier molecular flexibility index (Phi) is 5.98. The van der Waals surface area contributed by atoms with Gasteiger partial charge in [0.15, 0.2) is 0 Å². The number of carbonyl (C=O) groups excluding carboxylic acids is 1. The summed E-state index contributed by atoms with van der Waals surface area (Å²) < 4.78 is 0. The maximum absolute atomic E-state index is 12.6. The first-order chi connectivity index (χ1) is 13.7. The number of halogens is 1. The van der Waals surface area contributed by atoms with E-state index in [0.717, 1.165) is 55.0 Å². The Labute approximate surface area is 170 Å². The molecule has 1 aliphatic heterocycles. The van der Waals surface area contributed by atoms with Crippen LogP contribution in [0.2, 0.25) is 5.02 Å². The summed E-state index contributed by atoms with van der Waals surface area (Å²) in [6.45, 7) is 3.41. The predicted molar refractivity (Wildman–Crippen MR) is 114 cm³/mol. The molecule has 1 fully saturated rings. The quantitative estimate of drug-likeness (QED) is 0.650. The summed E-state index contributed by atoms with van der Waals surface area (Å²) in [4.78, 5) is 18.2. The smallest absolute Gasteiger partial charge is 0.223 e. The minimum absolute atomic E-state index is 0.116. The average molecular weight is 396 g/mol. The van der Waals surface area contributed by atoms with Crippen LogP contribution in [0.4, 0.5) is 0 Å². The number of hydrogen-bond acceptors (Lipinski definition) is 2. The van der Waals surface area contributed by atoms with Crippen molar-refractivity contribution in [1.29, 1.82) is 0 Å². The van der Waals surface area contributed by atoms with Crippen molar-refractivity contribution in [2.24, 2.45) is 5.92 Å². The summed E-state index contributed by atoms with van der Waals surface area (Å²) in [6, 6.07) is 16.3. The van der Waals surface area contributed by atoms with Gasteiger partial charge in [0.1, 0.15) is 0 Å². The standard InChI is InChI=1S/C23H26ClN3O/c24-21-7-3-1-5-19(21)16-27-13-10-17(11-14-27)23(28)25-12-9-18-15-26-22-8-4-2-6-20(18)22/h1-8,15,17,26H,9-14,16H2,(H,25,28). The van der Waals surface area contributed by atoms with Crippen molar-refractivity contribution in [1.82, 2.24) is 15.2 Å². The number of fused-ring (bicyclic) bond motifs is 1. The molecule has 146 valence electrons. The van der Waals surface area contributed by atoms with E-state index >= 15 is 0 Å². The second kappa shape index (κ2) is 8.80. The third-order valence-electron chi connectivity index (χ3n) is 5.68. The van der Waals surface area contributed by atoms with Gasteiger partial charge in [0.05, 0.1) is 0 Å². The summed E-state index contributed by atoms with van der Waals surface area (Å²) in [5.41, 5.74) is 3.56. The van der Waals surface area contributed by atoms with Crippen LogP contribution in [0, 0.1) is 5.92 Å². The van der Waals surface area contributed by atoms with Gasteiger partial charge in [0.25, 0.3) is 0 Å². The van der Waals surface area contributed by atoms with Crippen molar-refractivity contribution >= 4 is 28.4 Å². The molecule has 2 heterocycles. The second-order valence-corrected chi connectivity index (χ2v) is 7.95. The van der Waals surface area contributed by atoms with Crippen molar-refractivity contribution in [3.8, 4) is 0 Å². The van der Waals surface area contributed by atoms with E-state index in [1.54, 1.807) is 0 Å². The molecule has 3 aromatic rings. The number of H-pyrrole nitrogens is 1. The molecular weight excluding hydrogens is 370 g/mol. The van der Waals surface area contributed by atoms with Crippen LogP contribution in [0.25, 0.3) is 10.9 Å². The molecule has 0 saturated carbocycles. The Morgan fingerprint density at radius 1 is 1.07 bits per heavy atom. The van der Waals surface area contributed by atoms with Crippen LogP contribution in [0.1, 0.15) is 24.0 Å². The molecule has 1 amide bonds. The molecule has 5 heteroatoms. The molecule has 0 atom stereocenters. The fourth-order valence-electron chi connectivity index (χ4n) is 4.02. The summed E-state index contributed by atoms with van der Waals surface area (Å²) in [6.07, 6.45) is 4.71. The SMILES string of the molecule is O=C(NCCc1c[nH]c2ccccc12)C1CCN(Cc2ccccc2Cl)CC1. The van der Waals surface area contributed by atoms with E-state index in [9.17, 15) is 4.79 Å². The first-order valence-electron chi connectivity index (χ1n) is 9.99. The van der Waals surface area contributed by atoms with Gasteiger partial charge in [-0.15, -0.1) is 0 Å². The van der Waals surface area contributed by atoms with Crippen LogP contribution in [-0.2, 0) is 17.8 Å². The third-order valence-corrected chi connectivity index (χ3v) is 6.05. The van der Waals surface area contributed by atoms with Crippen LogP contribution in [0.3, 0.4) is 0 Å². The predicted octanol–water partition coefficient (Wildman–Crippen LogP) is 4.39. The van der Waals surface area contributed by atoms with Gasteiger partial charge in [-0.25, -0.2) is 0 Å². The molecule has 1 saturated heterocycles. The van der Waals surface area contributed by atoms with E-state index in [1.807, 2.05) is 30.5 Å². The highest BCUT2D eigenvalue weighted by Crippen LogP contribution is 2.22. The maximum Gasteiger partial charge on any atom is 0.223 e. The highest BCUT2D eigenvalue weighted by atomic mass is 35.5. The summed E-state index contributed by atoms with van der Waals surface area (Å²) in [7, 11) is 0. The lowest BCUT2D eigenvalue weighted by Crippen LogP contribution is -2.40. The van der Waals surface area contributed by atoms with E-state index in [-0.39, 0.29) is 11.8 Å². The number of likely N-dealkylation sites (tertiary alicyclic amines) is 1. The first-order valence-corrected chi connectivity index (χ1v) is 10.4. The van der Waals surface area contributed by atoms with Gasteiger partial charge in [-0.2, -0.15) is 0 Å². The summed E-state index contributed by atoms with van der Waals surface area (Å²) in [5, 5.41) is 5.20. The zero-order valence-corrected chi connectivity index (χ0v) is 16.7. The molecule has 4 rings (SSSR count). The topological polar surface area (TPSA) is 48.1 Å². The molecule has 0 unspecified atom stereocenters. The Morgan fingerprint density at radius 2 is 1.82 bits per heavy atom. The molecule has 28 heavy (non-hydrogen) atoms. The average Bonchev–Trinajstić information content (AvgIpc) is 3.13. The van der Waals surface area contributed by atoms with Gasteiger partial charge < -0.3 is 10.3 Å². The number of nitrogens with one attached hydrogen (secondary N) is 2. The van der Waals surface area contributed by atoms with Crippen molar-refractivity contribution in [3.63, 3.8) is 0 Å². The Balaban J connectivity index is 1.22. The number of amides is 1. The van der Waals surface area contributed by atoms with Crippen molar-refractivity contribution < 1.29 is 4.79 Å². The summed E-state index contributed by atoms with van der Waals surface area (Å²) in [5.74, 6) is 0.308. The number of rotatable bonds is 6. The molecule has 0 aliphatic carbocycles. The maximum atomic E-state index is 12.6. The van der Waals surface area contributed by atoms with Crippen molar-refractivity contribution in [2.45, 2.75) is 25.8 Å². The fraction of sp³-hybridized carbons (Fsp3) is 0.348. The molecule has 0 bridgehead atoms. The lowest BCUT2D eigenvalue weighted by molar-refractivity contribution is -0.126. The largest absolute Gasteiger partial charge is 0.361 e. The number of carbonyl (C=O) groups is 1. The highest BCUT2D eigenvalue weighted by Gasteiger charge is 2.25. The third kappa shape index (κ3) is 4.40. The number of para-hydroxylation sites is 1. The lowest BCUT2D eigenvalue weighted by Gasteiger charge is -2.31. The normalized spacial score (nSPS) is 15.8. The van der Waals surface area contributed by atoms with Crippen molar-refractivity contribution in [3.05, 3.63) is 70.9 Å².